The lowest BCUT2D eigenvalue weighted by atomic mass is 9.61. The van der Waals surface area contributed by atoms with Crippen LogP contribution in [0.4, 0.5) is 0 Å². The maximum atomic E-state index is 7.10. The monoisotopic (exact) mass is 485 g/mol. The summed E-state index contributed by atoms with van der Waals surface area (Å²) in [5, 5.41) is 7.59. The molecule has 4 heteroatoms. The van der Waals surface area contributed by atoms with Gasteiger partial charge in [-0.2, -0.15) is 0 Å². The summed E-state index contributed by atoms with van der Waals surface area (Å²) in [6.07, 6.45) is 16.1. The first-order valence-corrected chi connectivity index (χ1v) is 15.1. The molecule has 2 saturated heterocycles. The number of allylic oxidation sites excluding steroid dienone is 1. The number of nitrogens with one attached hydrogen (secondary N) is 2. The van der Waals surface area contributed by atoms with Gasteiger partial charge in [-0.1, -0.05) is 38.3 Å². The molecule has 7 unspecified atom stereocenters. The summed E-state index contributed by atoms with van der Waals surface area (Å²) in [6.45, 7) is 11.0. The Morgan fingerprint density at radius 2 is 1.89 bits per heavy atom. The topological polar surface area (TPSA) is 36.5 Å². The fraction of sp³-hybridized carbons (Fsp3) is 0.935. The van der Waals surface area contributed by atoms with Crippen LogP contribution in [-0.2, 0) is 4.74 Å². The van der Waals surface area contributed by atoms with Gasteiger partial charge in [-0.25, -0.2) is 0 Å². The highest BCUT2D eigenvalue weighted by molar-refractivity contribution is 5.28. The number of likely N-dealkylation sites (N-methyl/N-ethyl adjacent to an activating group) is 1. The molecule has 0 radical (unpaired) electrons. The Morgan fingerprint density at radius 1 is 1.14 bits per heavy atom. The first-order chi connectivity index (χ1) is 16.6. The van der Waals surface area contributed by atoms with Gasteiger partial charge in [-0.3, -0.25) is 5.32 Å². The predicted octanol–water partition coefficient (Wildman–Crippen LogP) is 6.12. The normalized spacial score (nSPS) is 48.3. The van der Waals surface area contributed by atoms with Gasteiger partial charge in [0.05, 0.1) is 17.4 Å². The van der Waals surface area contributed by atoms with Crippen molar-refractivity contribution in [3.8, 4) is 0 Å². The Kier molecular flexibility index (Phi) is 7.27. The van der Waals surface area contributed by atoms with Crippen LogP contribution < -0.4 is 10.6 Å². The molecule has 0 aromatic rings. The molecule has 0 aromatic carbocycles. The molecule has 5 aliphatic rings. The van der Waals surface area contributed by atoms with E-state index in [1.165, 1.54) is 64.2 Å². The van der Waals surface area contributed by atoms with Gasteiger partial charge in [-0.15, -0.1) is 0 Å². The van der Waals surface area contributed by atoms with Crippen LogP contribution in [0, 0.1) is 29.1 Å². The van der Waals surface area contributed by atoms with Crippen molar-refractivity contribution in [1.82, 2.24) is 15.5 Å². The molecule has 7 atom stereocenters. The Labute approximate surface area is 216 Å². The van der Waals surface area contributed by atoms with Crippen LogP contribution in [0.25, 0.3) is 0 Å². The van der Waals surface area contributed by atoms with Crippen molar-refractivity contribution in [2.24, 2.45) is 29.1 Å². The standard InChI is InChI=1S/C31H55N3O/c1-8-9-25-24-12-15-30(20-31(32-5)28(35-30)16-21(2)19-33-31)18-22(3)26(24)17-27(25)29(4)13-10-23(11-14-29)34(6)7/h21,23-25,27-28,32-33H,8-20H2,1-7H3. The summed E-state index contributed by atoms with van der Waals surface area (Å²) in [5.74, 6) is 3.25. The SMILES string of the molecule is CCCC1C2CCC3(CC(C)=C2CC1C1(C)CCC(N(C)C)CC1)CC1(NC)NCC(C)CC1O3. The molecule has 2 saturated carbocycles. The zero-order valence-electron chi connectivity index (χ0n) is 24.0. The van der Waals surface area contributed by atoms with E-state index >= 15 is 0 Å². The van der Waals surface area contributed by atoms with Crippen molar-refractivity contribution in [2.45, 2.75) is 128 Å². The number of hydrogen-bond acceptors (Lipinski definition) is 4. The molecule has 5 rings (SSSR count). The minimum absolute atomic E-state index is 0.0199. The van der Waals surface area contributed by atoms with Crippen molar-refractivity contribution in [2.75, 3.05) is 27.7 Å². The summed E-state index contributed by atoms with van der Waals surface area (Å²) in [5.41, 5.74) is 4.07. The second kappa shape index (κ2) is 9.71. The molecule has 1 spiro atoms. The van der Waals surface area contributed by atoms with E-state index < -0.39 is 0 Å². The molecule has 2 aliphatic heterocycles. The first-order valence-electron chi connectivity index (χ1n) is 15.1. The van der Waals surface area contributed by atoms with Gasteiger partial charge >= 0.3 is 0 Å². The van der Waals surface area contributed by atoms with E-state index in [1.807, 2.05) is 5.57 Å². The van der Waals surface area contributed by atoms with E-state index in [4.69, 9.17) is 4.74 Å². The summed E-state index contributed by atoms with van der Waals surface area (Å²) < 4.78 is 7.10. The third-order valence-electron chi connectivity index (χ3n) is 11.7. The number of rotatable bonds is 5. The summed E-state index contributed by atoms with van der Waals surface area (Å²) in [6, 6.07) is 0.791. The number of ether oxygens (including phenoxy) is 1. The highest BCUT2D eigenvalue weighted by Crippen LogP contribution is 2.60. The summed E-state index contributed by atoms with van der Waals surface area (Å²) in [7, 11) is 6.70. The molecule has 0 bridgehead atoms. The smallest absolute Gasteiger partial charge is 0.0982 e. The average Bonchev–Trinajstić information content (AvgIpc) is 3.30. The van der Waals surface area contributed by atoms with Gasteiger partial charge in [0, 0.05) is 12.5 Å². The third kappa shape index (κ3) is 4.57. The van der Waals surface area contributed by atoms with Gasteiger partial charge in [0.1, 0.15) is 0 Å². The Morgan fingerprint density at radius 3 is 2.54 bits per heavy atom. The molecule has 0 aromatic heterocycles. The van der Waals surface area contributed by atoms with Crippen LogP contribution in [-0.4, -0.2) is 56.0 Å². The van der Waals surface area contributed by atoms with E-state index in [-0.39, 0.29) is 11.3 Å². The average molecular weight is 486 g/mol. The molecule has 0 amide bonds. The lowest BCUT2D eigenvalue weighted by Gasteiger charge is -2.46. The zero-order valence-corrected chi connectivity index (χ0v) is 24.0. The lowest BCUT2D eigenvalue weighted by molar-refractivity contribution is -0.0718. The van der Waals surface area contributed by atoms with Gasteiger partial charge in [0.15, 0.2) is 0 Å². The van der Waals surface area contributed by atoms with Crippen molar-refractivity contribution in [1.29, 1.82) is 0 Å². The first kappa shape index (κ1) is 26.2. The molecule has 4 nitrogen and oxygen atoms in total. The van der Waals surface area contributed by atoms with E-state index in [9.17, 15) is 0 Å². The third-order valence-corrected chi connectivity index (χ3v) is 11.7. The highest BCUT2D eigenvalue weighted by Gasteiger charge is 2.58. The van der Waals surface area contributed by atoms with Crippen LogP contribution in [0.5, 0.6) is 0 Å². The summed E-state index contributed by atoms with van der Waals surface area (Å²) >= 11 is 0. The minimum Gasteiger partial charge on any atom is -0.368 e. The van der Waals surface area contributed by atoms with Gasteiger partial charge < -0.3 is 15.0 Å². The second-order valence-corrected chi connectivity index (χ2v) is 14.1. The maximum Gasteiger partial charge on any atom is 0.0982 e. The molecule has 2 N–H and O–H groups in total. The fourth-order valence-corrected chi connectivity index (χ4v) is 9.60. The zero-order chi connectivity index (χ0) is 25.0. The predicted molar refractivity (Wildman–Crippen MR) is 146 cm³/mol. The van der Waals surface area contributed by atoms with Crippen LogP contribution in [0.3, 0.4) is 0 Å². The molecular formula is C31H55N3O. The number of nitrogens with zero attached hydrogens (tertiary/aromatic N) is 1. The van der Waals surface area contributed by atoms with E-state index in [0.717, 1.165) is 43.2 Å². The van der Waals surface area contributed by atoms with Crippen molar-refractivity contribution in [3.63, 3.8) is 0 Å². The van der Waals surface area contributed by atoms with E-state index in [1.54, 1.807) is 5.57 Å². The Hall–Kier alpha value is -0.420. The van der Waals surface area contributed by atoms with Gasteiger partial charge in [-0.05, 0) is 128 Å². The maximum absolute atomic E-state index is 7.10. The van der Waals surface area contributed by atoms with Crippen molar-refractivity contribution < 1.29 is 4.74 Å². The molecule has 35 heavy (non-hydrogen) atoms. The Balaban J connectivity index is 1.38. The lowest BCUT2D eigenvalue weighted by Crippen LogP contribution is -2.65. The van der Waals surface area contributed by atoms with Gasteiger partial charge in [0.2, 0.25) is 0 Å². The highest BCUT2D eigenvalue weighted by atomic mass is 16.5. The van der Waals surface area contributed by atoms with E-state index in [2.05, 4.69) is 64.4 Å². The number of hydrogen-bond donors (Lipinski definition) is 2. The number of piperidine rings is 1. The molecule has 2 heterocycles. The molecular weight excluding hydrogens is 430 g/mol. The van der Waals surface area contributed by atoms with Crippen LogP contribution >= 0.6 is 0 Å². The quantitative estimate of drug-likeness (QED) is 0.460. The van der Waals surface area contributed by atoms with Gasteiger partial charge in [0.25, 0.3) is 0 Å². The van der Waals surface area contributed by atoms with Crippen LogP contribution in [0.2, 0.25) is 0 Å². The minimum atomic E-state index is -0.0270. The molecule has 200 valence electrons. The second-order valence-electron chi connectivity index (χ2n) is 14.1. The Bertz CT molecular complexity index is 799. The number of fused-ring (bicyclic) bond motifs is 2. The van der Waals surface area contributed by atoms with E-state index in [0.29, 0.717) is 17.4 Å². The van der Waals surface area contributed by atoms with Crippen LogP contribution in [0.1, 0.15) is 105 Å². The fourth-order valence-electron chi connectivity index (χ4n) is 9.60. The summed E-state index contributed by atoms with van der Waals surface area (Å²) in [4.78, 5) is 2.47. The van der Waals surface area contributed by atoms with Crippen molar-refractivity contribution in [3.05, 3.63) is 11.1 Å². The van der Waals surface area contributed by atoms with Crippen molar-refractivity contribution >= 4 is 0 Å². The largest absolute Gasteiger partial charge is 0.368 e. The molecule has 3 aliphatic carbocycles. The van der Waals surface area contributed by atoms with Crippen LogP contribution in [0.15, 0.2) is 11.1 Å². The molecule has 4 fully saturated rings.